The maximum atomic E-state index is 13.3. The summed E-state index contributed by atoms with van der Waals surface area (Å²) in [4.78, 5) is 26.7. The summed E-state index contributed by atoms with van der Waals surface area (Å²) >= 11 is 5.77. The fourth-order valence-corrected chi connectivity index (χ4v) is 3.20. The van der Waals surface area contributed by atoms with E-state index in [0.717, 1.165) is 5.69 Å². The number of carbonyl (C=O) groups excluding carboxylic acids is 2. The van der Waals surface area contributed by atoms with Crippen LogP contribution in [0.25, 0.3) is 0 Å². The molecule has 1 aromatic carbocycles. The number of benzene rings is 1. The monoisotopic (exact) mass is 408 g/mol. The predicted octanol–water partition coefficient (Wildman–Crippen LogP) is 3.76. The summed E-state index contributed by atoms with van der Waals surface area (Å²) in [6.45, 7) is 6.12. The van der Waals surface area contributed by atoms with Crippen LogP contribution >= 0.6 is 11.6 Å². The largest absolute Gasteiger partial charge is 0.444 e. The summed E-state index contributed by atoms with van der Waals surface area (Å²) < 4.78 is 20.4. The van der Waals surface area contributed by atoms with Gasteiger partial charge in [0.15, 0.2) is 5.69 Å². The van der Waals surface area contributed by atoms with Crippen molar-refractivity contribution in [3.8, 4) is 0 Å². The number of aryl methyl sites for hydroxylation is 1. The van der Waals surface area contributed by atoms with Gasteiger partial charge in [0.25, 0.3) is 5.91 Å². The number of carbonyl (C=O) groups is 2. The van der Waals surface area contributed by atoms with Crippen LogP contribution in [0.5, 0.6) is 0 Å². The molecular weight excluding hydrogens is 387 g/mol. The van der Waals surface area contributed by atoms with E-state index in [9.17, 15) is 14.0 Å². The Hall–Kier alpha value is -2.61. The van der Waals surface area contributed by atoms with E-state index < -0.39 is 23.4 Å². The molecule has 0 saturated carbocycles. The molecule has 3 rings (SSSR count). The third-order valence-corrected chi connectivity index (χ3v) is 4.58. The van der Waals surface area contributed by atoms with Crippen LogP contribution in [0.3, 0.4) is 0 Å². The van der Waals surface area contributed by atoms with E-state index in [1.165, 1.54) is 18.2 Å². The Morgan fingerprint density at radius 3 is 2.68 bits per heavy atom. The molecule has 0 unspecified atom stereocenters. The fourth-order valence-electron chi connectivity index (χ4n) is 3.02. The first-order valence-electron chi connectivity index (χ1n) is 8.84. The fraction of sp³-hybridized carbons (Fsp3) is 0.421. The third-order valence-electron chi connectivity index (χ3n) is 4.29. The third kappa shape index (κ3) is 4.27. The summed E-state index contributed by atoms with van der Waals surface area (Å²) in [5.74, 6) is -1.02. The number of amides is 2. The van der Waals surface area contributed by atoms with Gasteiger partial charge in [0.1, 0.15) is 11.4 Å². The lowest BCUT2D eigenvalue weighted by atomic mass is 10.0. The summed E-state index contributed by atoms with van der Waals surface area (Å²) in [6.07, 6.45) is 0.131. The van der Waals surface area contributed by atoms with Gasteiger partial charge in [-0.15, -0.1) is 0 Å². The molecule has 0 aliphatic carbocycles. The van der Waals surface area contributed by atoms with Crippen LogP contribution in [0, 0.1) is 5.82 Å². The van der Waals surface area contributed by atoms with Crippen molar-refractivity contribution < 1.29 is 18.7 Å². The van der Waals surface area contributed by atoms with Gasteiger partial charge in [-0.25, -0.2) is 9.18 Å². The molecule has 2 amide bonds. The lowest BCUT2D eigenvalue weighted by Gasteiger charge is -2.30. The van der Waals surface area contributed by atoms with Gasteiger partial charge >= 0.3 is 6.09 Å². The summed E-state index contributed by atoms with van der Waals surface area (Å²) in [7, 11) is 1.76. The van der Waals surface area contributed by atoms with Gasteiger partial charge in [0, 0.05) is 37.0 Å². The van der Waals surface area contributed by atoms with Crippen molar-refractivity contribution >= 4 is 29.3 Å². The molecule has 1 aliphatic rings. The van der Waals surface area contributed by atoms with Crippen molar-refractivity contribution in [2.24, 2.45) is 7.05 Å². The Morgan fingerprint density at radius 2 is 2.04 bits per heavy atom. The first-order chi connectivity index (χ1) is 13.0. The second-order valence-electron chi connectivity index (χ2n) is 7.63. The van der Waals surface area contributed by atoms with Gasteiger partial charge in [-0.05, 0) is 39.0 Å². The first kappa shape index (κ1) is 20.1. The molecule has 9 heteroatoms. The predicted molar refractivity (Wildman–Crippen MR) is 103 cm³/mol. The Morgan fingerprint density at radius 1 is 1.32 bits per heavy atom. The summed E-state index contributed by atoms with van der Waals surface area (Å²) in [5.41, 5.74) is 1.53. The van der Waals surface area contributed by atoms with E-state index in [2.05, 4.69) is 10.4 Å². The average Bonchev–Trinajstić information content (AvgIpc) is 2.93. The number of ether oxygens (including phenoxy) is 1. The van der Waals surface area contributed by atoms with Crippen LogP contribution in [0.1, 0.15) is 42.5 Å². The highest BCUT2D eigenvalue weighted by atomic mass is 35.5. The van der Waals surface area contributed by atoms with Crippen molar-refractivity contribution in [1.82, 2.24) is 14.7 Å². The van der Waals surface area contributed by atoms with Gasteiger partial charge in [0.05, 0.1) is 11.6 Å². The molecule has 1 aliphatic heterocycles. The minimum Gasteiger partial charge on any atom is -0.444 e. The minimum absolute atomic E-state index is 0.0862. The SMILES string of the molecule is Cn1nc(C(=O)Nc2ccc(F)c(Cl)c2)c2c1CCN(C(=O)OC(C)(C)C)C2. The Labute approximate surface area is 167 Å². The number of halogens is 2. The smallest absolute Gasteiger partial charge is 0.410 e. The zero-order chi connectivity index (χ0) is 20.6. The van der Waals surface area contributed by atoms with E-state index in [4.69, 9.17) is 16.3 Å². The van der Waals surface area contributed by atoms with E-state index in [1.54, 1.807) is 37.4 Å². The first-order valence-corrected chi connectivity index (χ1v) is 9.22. The minimum atomic E-state index is -0.603. The molecular formula is C19H22ClFN4O3. The zero-order valence-electron chi connectivity index (χ0n) is 16.2. The normalized spacial score (nSPS) is 13.9. The van der Waals surface area contributed by atoms with Gasteiger partial charge < -0.3 is 15.0 Å². The molecule has 0 spiro atoms. The van der Waals surface area contributed by atoms with Crippen LogP contribution in [0.4, 0.5) is 14.9 Å². The lowest BCUT2D eigenvalue weighted by molar-refractivity contribution is 0.0222. The van der Waals surface area contributed by atoms with E-state index in [-0.39, 0.29) is 17.3 Å². The molecule has 150 valence electrons. The van der Waals surface area contributed by atoms with Gasteiger partial charge in [-0.1, -0.05) is 11.6 Å². The Bertz CT molecular complexity index is 936. The molecule has 1 aromatic heterocycles. The van der Waals surface area contributed by atoms with E-state index >= 15 is 0 Å². The van der Waals surface area contributed by atoms with Crippen molar-refractivity contribution in [3.05, 3.63) is 46.0 Å². The van der Waals surface area contributed by atoms with Crippen LogP contribution < -0.4 is 5.32 Å². The van der Waals surface area contributed by atoms with E-state index in [1.807, 2.05) is 0 Å². The van der Waals surface area contributed by atoms with Crippen LogP contribution in [0.2, 0.25) is 5.02 Å². The molecule has 0 radical (unpaired) electrons. The number of fused-ring (bicyclic) bond motifs is 1. The number of nitrogens with zero attached hydrogens (tertiary/aromatic N) is 3. The Balaban J connectivity index is 1.82. The lowest BCUT2D eigenvalue weighted by Crippen LogP contribution is -2.40. The zero-order valence-corrected chi connectivity index (χ0v) is 16.9. The topological polar surface area (TPSA) is 76.5 Å². The average molecular weight is 409 g/mol. The molecule has 0 fully saturated rings. The second-order valence-corrected chi connectivity index (χ2v) is 8.04. The molecule has 0 saturated heterocycles. The molecule has 28 heavy (non-hydrogen) atoms. The highest BCUT2D eigenvalue weighted by molar-refractivity contribution is 6.31. The van der Waals surface area contributed by atoms with Crippen molar-refractivity contribution in [3.63, 3.8) is 0 Å². The number of aromatic nitrogens is 2. The number of hydrogen-bond donors (Lipinski definition) is 1. The molecule has 2 aromatic rings. The highest BCUT2D eigenvalue weighted by Crippen LogP contribution is 2.25. The van der Waals surface area contributed by atoms with Crippen molar-refractivity contribution in [2.45, 2.75) is 39.3 Å². The maximum absolute atomic E-state index is 13.3. The van der Waals surface area contributed by atoms with E-state index in [0.29, 0.717) is 24.2 Å². The molecule has 1 N–H and O–H groups in total. The van der Waals surface area contributed by atoms with Crippen LogP contribution in [-0.2, 0) is 24.8 Å². The molecule has 2 heterocycles. The van der Waals surface area contributed by atoms with Crippen LogP contribution in [0.15, 0.2) is 18.2 Å². The molecule has 0 bridgehead atoms. The summed E-state index contributed by atoms with van der Waals surface area (Å²) in [5, 5.41) is 6.90. The van der Waals surface area contributed by atoms with Gasteiger partial charge in [-0.3, -0.25) is 9.48 Å². The van der Waals surface area contributed by atoms with Crippen molar-refractivity contribution in [1.29, 1.82) is 0 Å². The highest BCUT2D eigenvalue weighted by Gasteiger charge is 2.31. The quantitative estimate of drug-likeness (QED) is 0.820. The standard InChI is InChI=1S/C19H22ClFN4O3/c1-19(2,3)28-18(27)25-8-7-15-12(10-25)16(23-24(15)4)17(26)22-11-5-6-14(21)13(20)9-11/h5-6,9H,7-8,10H2,1-4H3,(H,22,26). The summed E-state index contributed by atoms with van der Waals surface area (Å²) in [6, 6.07) is 3.93. The molecule has 0 atom stereocenters. The van der Waals surface area contributed by atoms with Gasteiger partial charge in [0.2, 0.25) is 0 Å². The molecule has 7 nitrogen and oxygen atoms in total. The van der Waals surface area contributed by atoms with Crippen LogP contribution in [-0.4, -0.2) is 38.8 Å². The number of anilines is 1. The van der Waals surface area contributed by atoms with Crippen molar-refractivity contribution in [2.75, 3.05) is 11.9 Å². The second kappa shape index (κ2) is 7.43. The number of nitrogens with one attached hydrogen (secondary N) is 1. The van der Waals surface area contributed by atoms with Gasteiger partial charge in [-0.2, -0.15) is 5.10 Å². The maximum Gasteiger partial charge on any atom is 0.410 e. The number of hydrogen-bond acceptors (Lipinski definition) is 4. The Kier molecular flexibility index (Phi) is 5.34. The number of rotatable bonds is 2.